The fourth-order valence-electron chi connectivity index (χ4n) is 2.84. The van der Waals surface area contributed by atoms with Gasteiger partial charge in [-0.1, -0.05) is 35.3 Å². The molecule has 30 heavy (non-hydrogen) atoms. The lowest BCUT2D eigenvalue weighted by atomic mass is 10.1. The van der Waals surface area contributed by atoms with E-state index in [9.17, 15) is 13.2 Å². The summed E-state index contributed by atoms with van der Waals surface area (Å²) >= 11 is 12.3. The first-order valence-electron chi connectivity index (χ1n) is 9.02. The van der Waals surface area contributed by atoms with E-state index in [-0.39, 0.29) is 12.5 Å². The maximum atomic E-state index is 12.4. The molecular formula is C20H20Cl2N4O3S. The number of carbonyl (C=O) groups excluding carboxylic acids is 1. The van der Waals surface area contributed by atoms with Gasteiger partial charge < -0.3 is 10.3 Å². The third-order valence-electron chi connectivity index (χ3n) is 4.40. The molecule has 0 aliphatic carbocycles. The largest absolute Gasteiger partial charge is 0.352 e. The minimum absolute atomic E-state index is 0.0218. The second kappa shape index (κ2) is 9.51. The number of H-pyrrole nitrogens is 1. The highest BCUT2D eigenvalue weighted by atomic mass is 35.5. The molecule has 2 N–H and O–H groups in total. The van der Waals surface area contributed by atoms with Crippen LogP contribution in [0, 0.1) is 0 Å². The number of imidazole rings is 1. The molecule has 10 heteroatoms. The molecule has 2 aromatic carbocycles. The van der Waals surface area contributed by atoms with Crippen molar-refractivity contribution in [2.75, 3.05) is 17.1 Å². The van der Waals surface area contributed by atoms with Gasteiger partial charge in [0, 0.05) is 30.4 Å². The molecule has 1 amide bonds. The second-order valence-electron chi connectivity index (χ2n) is 6.61. The molecule has 0 saturated heterocycles. The smallest absolute Gasteiger partial charge is 0.251 e. The second-order valence-corrected chi connectivity index (χ2v) is 9.30. The number of aromatic amines is 1. The Morgan fingerprint density at radius 2 is 1.90 bits per heavy atom. The predicted octanol–water partition coefficient (Wildman–Crippen LogP) is 3.66. The van der Waals surface area contributed by atoms with Crippen molar-refractivity contribution < 1.29 is 13.2 Å². The van der Waals surface area contributed by atoms with Crippen molar-refractivity contribution in [3.8, 4) is 0 Å². The number of benzene rings is 2. The number of hydrogen-bond donors (Lipinski definition) is 2. The van der Waals surface area contributed by atoms with Crippen molar-refractivity contribution in [2.45, 2.75) is 13.0 Å². The number of halogens is 2. The van der Waals surface area contributed by atoms with Crippen LogP contribution in [0.15, 0.2) is 55.0 Å². The lowest BCUT2D eigenvalue weighted by molar-refractivity contribution is 0.0954. The van der Waals surface area contributed by atoms with Crippen molar-refractivity contribution in [2.24, 2.45) is 0 Å². The van der Waals surface area contributed by atoms with Crippen molar-refractivity contribution >= 4 is 44.8 Å². The summed E-state index contributed by atoms with van der Waals surface area (Å²) < 4.78 is 25.9. The molecule has 0 radical (unpaired) electrons. The van der Waals surface area contributed by atoms with Crippen LogP contribution in [-0.4, -0.2) is 37.1 Å². The Balaban J connectivity index is 1.72. The first kappa shape index (κ1) is 22.1. The van der Waals surface area contributed by atoms with Crippen LogP contribution in [0.4, 0.5) is 5.69 Å². The topological polar surface area (TPSA) is 95.2 Å². The summed E-state index contributed by atoms with van der Waals surface area (Å²) in [7, 11) is -3.60. The molecule has 158 valence electrons. The number of hydrogen-bond acceptors (Lipinski definition) is 4. The Bertz CT molecular complexity index is 1120. The average Bonchev–Trinajstić information content (AvgIpc) is 3.22. The van der Waals surface area contributed by atoms with Crippen LogP contribution in [0.3, 0.4) is 0 Å². The van der Waals surface area contributed by atoms with Gasteiger partial charge in [0.15, 0.2) is 0 Å². The number of rotatable bonds is 8. The number of amides is 1. The lowest BCUT2D eigenvalue weighted by Gasteiger charge is -2.23. The van der Waals surface area contributed by atoms with E-state index in [1.54, 1.807) is 55.0 Å². The standard InChI is InChI=1S/C20H20Cl2N4O3S/c1-30(28,29)26(12-15-3-2-4-18(21)19(15)22)17-7-5-14(6-8-17)20(27)24-10-9-16-11-23-13-25-16/h2-8,11,13H,9-10,12H2,1H3,(H,23,25)(H,24,27). The van der Waals surface area contributed by atoms with Gasteiger partial charge >= 0.3 is 0 Å². The quantitative estimate of drug-likeness (QED) is 0.529. The minimum atomic E-state index is -3.60. The van der Waals surface area contributed by atoms with Crippen LogP contribution >= 0.6 is 23.2 Å². The third kappa shape index (κ3) is 5.53. The van der Waals surface area contributed by atoms with E-state index in [4.69, 9.17) is 23.2 Å². The lowest BCUT2D eigenvalue weighted by Crippen LogP contribution is -2.29. The molecule has 7 nitrogen and oxygen atoms in total. The van der Waals surface area contributed by atoms with E-state index < -0.39 is 10.0 Å². The molecule has 0 bridgehead atoms. The summed E-state index contributed by atoms with van der Waals surface area (Å²) in [6.07, 6.45) is 5.03. The molecule has 1 heterocycles. The molecule has 0 fully saturated rings. The number of sulfonamides is 1. The third-order valence-corrected chi connectivity index (χ3v) is 6.40. The fraction of sp³-hybridized carbons (Fsp3) is 0.200. The molecular weight excluding hydrogens is 447 g/mol. The molecule has 0 atom stereocenters. The van der Waals surface area contributed by atoms with Gasteiger partial charge in [-0.2, -0.15) is 0 Å². The van der Waals surface area contributed by atoms with Crippen LogP contribution in [-0.2, 0) is 23.0 Å². The zero-order chi connectivity index (χ0) is 21.7. The first-order valence-corrected chi connectivity index (χ1v) is 11.6. The van der Waals surface area contributed by atoms with Gasteiger partial charge in [-0.25, -0.2) is 13.4 Å². The predicted molar refractivity (Wildman–Crippen MR) is 119 cm³/mol. The Kier molecular flexibility index (Phi) is 7.02. The van der Waals surface area contributed by atoms with Gasteiger partial charge in [-0.15, -0.1) is 0 Å². The van der Waals surface area contributed by atoms with Crippen molar-refractivity contribution in [3.63, 3.8) is 0 Å². The Morgan fingerprint density at radius 1 is 1.17 bits per heavy atom. The van der Waals surface area contributed by atoms with E-state index >= 15 is 0 Å². The first-order chi connectivity index (χ1) is 14.3. The molecule has 3 aromatic rings. The molecule has 0 aliphatic rings. The number of aromatic nitrogens is 2. The van der Waals surface area contributed by atoms with Crippen molar-refractivity contribution in [1.82, 2.24) is 15.3 Å². The van der Waals surface area contributed by atoms with Crippen LogP contribution < -0.4 is 9.62 Å². The van der Waals surface area contributed by atoms with Gasteiger partial charge in [0.2, 0.25) is 10.0 Å². The van der Waals surface area contributed by atoms with Gasteiger partial charge in [0.1, 0.15) is 0 Å². The van der Waals surface area contributed by atoms with E-state index in [1.165, 1.54) is 4.31 Å². The van der Waals surface area contributed by atoms with Gasteiger partial charge in [0.25, 0.3) is 5.91 Å². The summed E-state index contributed by atoms with van der Waals surface area (Å²) in [4.78, 5) is 19.2. The number of anilines is 1. The fourth-order valence-corrected chi connectivity index (χ4v) is 4.10. The monoisotopic (exact) mass is 466 g/mol. The Hall–Kier alpha value is -2.55. The van der Waals surface area contributed by atoms with Crippen LogP contribution in [0.2, 0.25) is 10.0 Å². The van der Waals surface area contributed by atoms with Gasteiger partial charge in [0.05, 0.1) is 34.9 Å². The van der Waals surface area contributed by atoms with E-state index in [0.717, 1.165) is 11.9 Å². The molecule has 0 spiro atoms. The van der Waals surface area contributed by atoms with Crippen molar-refractivity contribution in [1.29, 1.82) is 0 Å². The molecule has 0 aliphatic heterocycles. The summed E-state index contributed by atoms with van der Waals surface area (Å²) in [5.74, 6) is -0.246. The van der Waals surface area contributed by atoms with Gasteiger partial charge in [-0.3, -0.25) is 9.10 Å². The molecule has 3 rings (SSSR count). The molecule has 0 unspecified atom stereocenters. The van der Waals surface area contributed by atoms with Crippen molar-refractivity contribution in [3.05, 3.63) is 81.9 Å². The summed E-state index contributed by atoms with van der Waals surface area (Å²) in [5.41, 5.74) is 2.35. The van der Waals surface area contributed by atoms with Gasteiger partial charge in [-0.05, 0) is 35.9 Å². The van der Waals surface area contributed by atoms with Crippen LogP contribution in [0.5, 0.6) is 0 Å². The number of carbonyl (C=O) groups is 1. The van der Waals surface area contributed by atoms with Crippen LogP contribution in [0.25, 0.3) is 0 Å². The maximum Gasteiger partial charge on any atom is 0.251 e. The average molecular weight is 467 g/mol. The highest BCUT2D eigenvalue weighted by Gasteiger charge is 2.20. The highest BCUT2D eigenvalue weighted by molar-refractivity contribution is 7.92. The van der Waals surface area contributed by atoms with E-state index in [1.807, 2.05) is 0 Å². The molecule has 0 saturated carbocycles. The molecule has 1 aromatic heterocycles. The van der Waals surface area contributed by atoms with Crippen LogP contribution in [0.1, 0.15) is 21.6 Å². The zero-order valence-corrected chi connectivity index (χ0v) is 18.4. The minimum Gasteiger partial charge on any atom is -0.352 e. The summed E-state index contributed by atoms with van der Waals surface area (Å²) in [6, 6.07) is 11.4. The Morgan fingerprint density at radius 3 is 2.53 bits per heavy atom. The Labute approximate surface area is 185 Å². The number of nitrogens with one attached hydrogen (secondary N) is 2. The summed E-state index contributed by atoms with van der Waals surface area (Å²) in [6.45, 7) is 0.472. The van der Waals surface area contributed by atoms with E-state index in [2.05, 4.69) is 15.3 Å². The number of nitrogens with zero attached hydrogens (tertiary/aromatic N) is 2. The maximum absolute atomic E-state index is 12.4. The summed E-state index contributed by atoms with van der Waals surface area (Å²) in [5, 5.41) is 3.48. The zero-order valence-electron chi connectivity index (χ0n) is 16.1. The SMILES string of the molecule is CS(=O)(=O)N(Cc1cccc(Cl)c1Cl)c1ccc(C(=O)NCCc2cnc[nH]2)cc1. The highest BCUT2D eigenvalue weighted by Crippen LogP contribution is 2.29. The van der Waals surface area contributed by atoms with E-state index in [0.29, 0.717) is 39.8 Å². The normalized spacial score (nSPS) is 11.3.